The van der Waals surface area contributed by atoms with E-state index in [0.29, 0.717) is 28.4 Å². The Hall–Kier alpha value is -2.69. The van der Waals surface area contributed by atoms with Crippen LogP contribution in [0.25, 0.3) is 0 Å². The molecule has 5 heteroatoms. The number of aromatic hydroxyl groups is 1. The van der Waals surface area contributed by atoms with Crippen LogP contribution in [-0.2, 0) is 0 Å². The number of esters is 1. The Labute approximate surface area is 154 Å². The Morgan fingerprint density at radius 1 is 0.808 bits per heavy atom. The number of phenols is 1. The van der Waals surface area contributed by atoms with Gasteiger partial charge in [0.15, 0.2) is 0 Å². The lowest BCUT2D eigenvalue weighted by molar-refractivity contribution is 0.0727. The van der Waals surface area contributed by atoms with Crippen LogP contribution in [0.3, 0.4) is 0 Å². The topological polar surface area (TPSA) is 65.0 Å². The third-order valence-corrected chi connectivity index (χ3v) is 5.02. The number of ether oxygens (including phenoxy) is 3. The molecule has 0 fully saturated rings. The van der Waals surface area contributed by atoms with Gasteiger partial charge in [-0.1, -0.05) is 0 Å². The zero-order chi connectivity index (χ0) is 19.8. The molecule has 0 unspecified atom stereocenters. The summed E-state index contributed by atoms with van der Waals surface area (Å²) in [7, 11) is 3.12. The van der Waals surface area contributed by atoms with Gasteiger partial charge in [0.2, 0.25) is 0 Å². The molecule has 0 aliphatic rings. The van der Waals surface area contributed by atoms with Crippen molar-refractivity contribution >= 4 is 5.97 Å². The van der Waals surface area contributed by atoms with Crippen LogP contribution < -0.4 is 14.2 Å². The van der Waals surface area contributed by atoms with Crippen LogP contribution >= 0.6 is 0 Å². The Bertz CT molecular complexity index is 852. The molecule has 2 aromatic rings. The van der Waals surface area contributed by atoms with Crippen molar-refractivity contribution in [2.24, 2.45) is 0 Å². The fourth-order valence-corrected chi connectivity index (χ4v) is 3.16. The predicted molar refractivity (Wildman–Crippen MR) is 101 cm³/mol. The van der Waals surface area contributed by atoms with Crippen molar-refractivity contribution in [2.75, 3.05) is 14.2 Å². The average Bonchev–Trinajstić information content (AvgIpc) is 2.60. The van der Waals surface area contributed by atoms with Crippen LogP contribution in [0.2, 0.25) is 0 Å². The van der Waals surface area contributed by atoms with Crippen molar-refractivity contribution in [3.63, 3.8) is 0 Å². The molecular weight excluding hydrogens is 332 g/mol. The third kappa shape index (κ3) is 3.09. The predicted octanol–water partition coefficient (Wildman–Crippen LogP) is 4.48. The van der Waals surface area contributed by atoms with E-state index in [4.69, 9.17) is 14.2 Å². The van der Waals surface area contributed by atoms with E-state index in [1.807, 2.05) is 33.8 Å². The smallest absolute Gasteiger partial charge is 0.347 e. The second-order valence-corrected chi connectivity index (χ2v) is 6.50. The average molecular weight is 358 g/mol. The molecule has 140 valence electrons. The summed E-state index contributed by atoms with van der Waals surface area (Å²) in [5.41, 5.74) is 4.64. The summed E-state index contributed by atoms with van der Waals surface area (Å²) in [5, 5.41) is 10.6. The lowest BCUT2D eigenvalue weighted by Gasteiger charge is -2.19. The molecular formula is C21H26O5. The van der Waals surface area contributed by atoms with Crippen LogP contribution in [0.1, 0.15) is 43.7 Å². The van der Waals surface area contributed by atoms with Crippen LogP contribution in [0.5, 0.6) is 23.0 Å². The molecule has 0 bridgehead atoms. The van der Waals surface area contributed by atoms with Crippen molar-refractivity contribution in [2.45, 2.75) is 41.5 Å². The first-order chi connectivity index (χ1) is 12.1. The molecule has 0 saturated heterocycles. The van der Waals surface area contributed by atoms with Crippen molar-refractivity contribution < 1.29 is 24.1 Å². The van der Waals surface area contributed by atoms with Gasteiger partial charge in [-0.05, 0) is 69.9 Å². The highest BCUT2D eigenvalue weighted by molar-refractivity contribution is 5.97. The number of carbonyl (C=O) groups is 1. The zero-order valence-corrected chi connectivity index (χ0v) is 16.7. The van der Waals surface area contributed by atoms with Crippen LogP contribution in [0.15, 0.2) is 6.07 Å². The van der Waals surface area contributed by atoms with Gasteiger partial charge in [-0.2, -0.15) is 0 Å². The normalized spacial score (nSPS) is 10.6. The summed E-state index contributed by atoms with van der Waals surface area (Å²) in [6, 6.07) is 1.91. The number of phenolic OH excluding ortho intramolecular Hbond substituents is 1. The van der Waals surface area contributed by atoms with Gasteiger partial charge in [-0.25, -0.2) is 4.79 Å². The van der Waals surface area contributed by atoms with Crippen molar-refractivity contribution in [1.82, 2.24) is 0 Å². The summed E-state index contributed by atoms with van der Waals surface area (Å²) < 4.78 is 16.4. The maximum Gasteiger partial charge on any atom is 0.347 e. The lowest BCUT2D eigenvalue weighted by atomic mass is 9.97. The second-order valence-electron chi connectivity index (χ2n) is 6.50. The highest BCUT2D eigenvalue weighted by Crippen LogP contribution is 2.39. The van der Waals surface area contributed by atoms with Crippen LogP contribution in [0, 0.1) is 41.5 Å². The van der Waals surface area contributed by atoms with E-state index in [0.717, 1.165) is 22.3 Å². The minimum absolute atomic E-state index is 0.120. The van der Waals surface area contributed by atoms with Crippen molar-refractivity contribution in [3.05, 3.63) is 45.0 Å². The van der Waals surface area contributed by atoms with Gasteiger partial charge in [0.25, 0.3) is 0 Å². The van der Waals surface area contributed by atoms with Crippen molar-refractivity contribution in [3.8, 4) is 23.0 Å². The number of rotatable bonds is 4. The zero-order valence-electron chi connectivity index (χ0n) is 16.7. The SMILES string of the molecule is COc1cc(C)c(C)c(OC(=O)c2c(C)c(C)c(OC)c(C)c2O)c1C. The summed E-state index contributed by atoms with van der Waals surface area (Å²) in [6.07, 6.45) is 0. The molecule has 0 saturated carbocycles. The molecule has 0 aliphatic carbocycles. The highest BCUT2D eigenvalue weighted by atomic mass is 16.5. The molecule has 0 radical (unpaired) electrons. The number of hydrogen-bond acceptors (Lipinski definition) is 5. The van der Waals surface area contributed by atoms with Gasteiger partial charge >= 0.3 is 5.97 Å². The molecule has 0 atom stereocenters. The van der Waals surface area contributed by atoms with Gasteiger partial charge in [0.05, 0.1) is 14.2 Å². The van der Waals surface area contributed by atoms with E-state index >= 15 is 0 Å². The minimum Gasteiger partial charge on any atom is -0.507 e. The number of methoxy groups -OCH3 is 2. The standard InChI is InChI=1S/C21H26O5/c1-10-9-16(24-7)14(5)20(11(10)2)26-21(23)17-12(3)13(4)19(25-8)15(6)18(17)22/h9,22H,1-8H3. The van der Waals surface area contributed by atoms with E-state index in [9.17, 15) is 9.90 Å². The Balaban J connectivity index is 2.59. The minimum atomic E-state index is -0.604. The molecule has 0 heterocycles. The van der Waals surface area contributed by atoms with E-state index < -0.39 is 5.97 Å². The van der Waals surface area contributed by atoms with Gasteiger partial charge in [-0.15, -0.1) is 0 Å². The fraction of sp³-hybridized carbons (Fsp3) is 0.381. The number of aryl methyl sites for hydroxylation is 1. The maximum absolute atomic E-state index is 12.9. The van der Waals surface area contributed by atoms with E-state index in [1.165, 1.54) is 7.11 Å². The van der Waals surface area contributed by atoms with E-state index in [2.05, 4.69) is 0 Å². The highest BCUT2D eigenvalue weighted by Gasteiger charge is 2.25. The Kier molecular flexibility index (Phi) is 5.50. The third-order valence-electron chi connectivity index (χ3n) is 5.02. The van der Waals surface area contributed by atoms with Gasteiger partial charge in [-0.3, -0.25) is 0 Å². The maximum atomic E-state index is 12.9. The molecule has 0 amide bonds. The Morgan fingerprint density at radius 2 is 1.42 bits per heavy atom. The summed E-state index contributed by atoms with van der Waals surface area (Å²) >= 11 is 0. The summed E-state index contributed by atoms with van der Waals surface area (Å²) in [6.45, 7) is 11.0. The summed E-state index contributed by atoms with van der Waals surface area (Å²) in [5.74, 6) is 0.953. The largest absolute Gasteiger partial charge is 0.507 e. The molecule has 0 aromatic heterocycles. The van der Waals surface area contributed by atoms with Gasteiger partial charge in [0.1, 0.15) is 28.6 Å². The monoisotopic (exact) mass is 358 g/mol. The summed E-state index contributed by atoms with van der Waals surface area (Å²) in [4.78, 5) is 12.9. The van der Waals surface area contributed by atoms with E-state index in [-0.39, 0.29) is 11.3 Å². The lowest BCUT2D eigenvalue weighted by Crippen LogP contribution is -2.14. The number of hydrogen-bond donors (Lipinski definition) is 1. The first-order valence-electron chi connectivity index (χ1n) is 8.39. The molecule has 0 spiro atoms. The molecule has 26 heavy (non-hydrogen) atoms. The Morgan fingerprint density at radius 3 is 1.96 bits per heavy atom. The number of benzene rings is 2. The fourth-order valence-electron chi connectivity index (χ4n) is 3.16. The molecule has 0 aliphatic heterocycles. The number of carbonyl (C=O) groups excluding carboxylic acids is 1. The molecule has 1 N–H and O–H groups in total. The van der Waals surface area contributed by atoms with Gasteiger partial charge in [0, 0.05) is 11.1 Å². The first kappa shape index (κ1) is 19.6. The second kappa shape index (κ2) is 7.28. The van der Waals surface area contributed by atoms with Gasteiger partial charge < -0.3 is 19.3 Å². The van der Waals surface area contributed by atoms with Crippen LogP contribution in [0.4, 0.5) is 0 Å². The quantitative estimate of drug-likeness (QED) is 0.645. The van der Waals surface area contributed by atoms with Crippen molar-refractivity contribution in [1.29, 1.82) is 0 Å². The molecule has 2 aromatic carbocycles. The first-order valence-corrected chi connectivity index (χ1v) is 8.39. The van der Waals surface area contributed by atoms with E-state index in [1.54, 1.807) is 21.0 Å². The van der Waals surface area contributed by atoms with Crippen LogP contribution in [-0.4, -0.2) is 25.3 Å². The molecule has 2 rings (SSSR count). The molecule has 5 nitrogen and oxygen atoms in total.